The lowest BCUT2D eigenvalue weighted by atomic mass is 9.87. The molecule has 3 aromatic rings. The summed E-state index contributed by atoms with van der Waals surface area (Å²) in [5, 5.41) is 11.9. The number of aromatic nitrogens is 3. The molecule has 0 radical (unpaired) electrons. The number of halogens is 1. The molecule has 4 nitrogen and oxygen atoms in total. The molecule has 1 atom stereocenters. The molecular weight excluding hydrogens is 286 g/mol. The van der Waals surface area contributed by atoms with Crippen LogP contribution in [0.2, 0.25) is 5.02 Å². The van der Waals surface area contributed by atoms with Gasteiger partial charge in [-0.05, 0) is 23.8 Å². The quantitative estimate of drug-likeness (QED) is 0.806. The van der Waals surface area contributed by atoms with Crippen LogP contribution in [0.4, 0.5) is 0 Å². The molecule has 0 aliphatic heterocycles. The maximum atomic E-state index is 11.3. The smallest absolute Gasteiger partial charge is 0.134 e. The zero-order valence-electron chi connectivity index (χ0n) is 11.2. The van der Waals surface area contributed by atoms with Crippen molar-refractivity contribution < 1.29 is 5.11 Å². The van der Waals surface area contributed by atoms with E-state index < -0.39 is 5.60 Å². The fraction of sp³-hybridized carbons (Fsp3) is 0.125. The molecule has 106 valence electrons. The minimum atomic E-state index is -1.19. The summed E-state index contributed by atoms with van der Waals surface area (Å²) >= 11 is 5.94. The number of pyridine rings is 1. The molecule has 0 bridgehead atoms. The van der Waals surface area contributed by atoms with Crippen LogP contribution in [0, 0.1) is 0 Å². The molecule has 2 aromatic heterocycles. The van der Waals surface area contributed by atoms with Crippen molar-refractivity contribution in [2.75, 3.05) is 0 Å². The Bertz CT molecular complexity index is 698. The molecular formula is C16H14ClN3O. The SMILES string of the molecule is OC(Cn1ccnc1)(c1ccc(Cl)cc1)c1cccnc1. The Labute approximate surface area is 127 Å². The van der Waals surface area contributed by atoms with Crippen LogP contribution < -0.4 is 0 Å². The Balaban J connectivity index is 2.08. The van der Waals surface area contributed by atoms with Gasteiger partial charge in [0.1, 0.15) is 5.60 Å². The van der Waals surface area contributed by atoms with Crippen molar-refractivity contribution in [1.29, 1.82) is 0 Å². The third-order valence-electron chi connectivity index (χ3n) is 3.43. The summed E-state index contributed by atoms with van der Waals surface area (Å²) in [5.74, 6) is 0. The van der Waals surface area contributed by atoms with Crippen LogP contribution in [-0.4, -0.2) is 19.6 Å². The lowest BCUT2D eigenvalue weighted by molar-refractivity contribution is 0.0608. The summed E-state index contributed by atoms with van der Waals surface area (Å²) in [5.41, 5.74) is 0.286. The number of rotatable bonds is 4. The van der Waals surface area contributed by atoms with Crippen LogP contribution >= 0.6 is 11.6 Å². The second-order valence-electron chi connectivity index (χ2n) is 4.84. The van der Waals surface area contributed by atoms with Crippen LogP contribution in [-0.2, 0) is 12.1 Å². The van der Waals surface area contributed by atoms with Gasteiger partial charge in [0.2, 0.25) is 0 Å². The molecule has 1 unspecified atom stereocenters. The lowest BCUT2D eigenvalue weighted by Gasteiger charge is -2.29. The first kappa shape index (κ1) is 13.8. The molecule has 0 saturated heterocycles. The van der Waals surface area contributed by atoms with E-state index in [1.165, 1.54) is 0 Å². The van der Waals surface area contributed by atoms with E-state index in [2.05, 4.69) is 9.97 Å². The van der Waals surface area contributed by atoms with Crippen molar-refractivity contribution in [3.8, 4) is 0 Å². The first-order valence-electron chi connectivity index (χ1n) is 6.53. The zero-order valence-corrected chi connectivity index (χ0v) is 12.0. The molecule has 21 heavy (non-hydrogen) atoms. The molecule has 0 amide bonds. The van der Waals surface area contributed by atoms with Gasteiger partial charge in [-0.15, -0.1) is 0 Å². The van der Waals surface area contributed by atoms with Crippen LogP contribution in [0.25, 0.3) is 0 Å². The van der Waals surface area contributed by atoms with Crippen LogP contribution in [0.5, 0.6) is 0 Å². The van der Waals surface area contributed by atoms with E-state index in [-0.39, 0.29) is 0 Å². The molecule has 0 saturated carbocycles. The average molecular weight is 300 g/mol. The molecule has 0 aliphatic carbocycles. The number of benzene rings is 1. The highest BCUT2D eigenvalue weighted by molar-refractivity contribution is 6.30. The number of hydrogen-bond donors (Lipinski definition) is 1. The van der Waals surface area contributed by atoms with E-state index in [4.69, 9.17) is 11.6 Å². The lowest BCUT2D eigenvalue weighted by Crippen LogP contribution is -2.32. The predicted octanol–water partition coefficient (Wildman–Crippen LogP) is 2.87. The van der Waals surface area contributed by atoms with Gasteiger partial charge in [0.05, 0.1) is 12.9 Å². The summed E-state index contributed by atoms with van der Waals surface area (Å²) in [6.45, 7) is 0.348. The standard InChI is InChI=1S/C16H14ClN3O/c17-15-5-3-13(4-6-15)16(21,11-20-9-8-19-12-20)14-2-1-7-18-10-14/h1-10,12,21H,11H2. The average Bonchev–Trinajstić information content (AvgIpc) is 3.01. The van der Waals surface area contributed by atoms with Gasteiger partial charge < -0.3 is 9.67 Å². The van der Waals surface area contributed by atoms with Gasteiger partial charge in [0.25, 0.3) is 0 Å². The summed E-state index contributed by atoms with van der Waals surface area (Å²) in [6, 6.07) is 10.9. The van der Waals surface area contributed by atoms with Gasteiger partial charge in [0.15, 0.2) is 0 Å². The van der Waals surface area contributed by atoms with Crippen molar-refractivity contribution >= 4 is 11.6 Å². The summed E-state index contributed by atoms with van der Waals surface area (Å²) in [6.07, 6.45) is 8.54. The van der Waals surface area contributed by atoms with E-state index in [0.717, 1.165) is 11.1 Å². The topological polar surface area (TPSA) is 50.9 Å². The minimum Gasteiger partial charge on any atom is -0.378 e. The molecule has 0 fully saturated rings. The van der Waals surface area contributed by atoms with Gasteiger partial charge in [-0.1, -0.05) is 29.8 Å². The predicted molar refractivity (Wildman–Crippen MR) is 80.9 cm³/mol. The highest BCUT2D eigenvalue weighted by Gasteiger charge is 2.32. The van der Waals surface area contributed by atoms with Crippen molar-refractivity contribution in [3.63, 3.8) is 0 Å². The Morgan fingerprint density at radius 3 is 2.48 bits per heavy atom. The fourth-order valence-electron chi connectivity index (χ4n) is 2.33. The highest BCUT2D eigenvalue weighted by atomic mass is 35.5. The Kier molecular flexibility index (Phi) is 3.73. The number of imidazole rings is 1. The van der Waals surface area contributed by atoms with Gasteiger partial charge in [-0.25, -0.2) is 4.98 Å². The molecule has 3 rings (SSSR count). The van der Waals surface area contributed by atoms with Crippen molar-refractivity contribution in [3.05, 3.63) is 83.7 Å². The highest BCUT2D eigenvalue weighted by Crippen LogP contribution is 2.31. The molecule has 1 N–H and O–H groups in total. The molecule has 5 heteroatoms. The van der Waals surface area contributed by atoms with Crippen molar-refractivity contribution in [2.24, 2.45) is 0 Å². The van der Waals surface area contributed by atoms with Gasteiger partial charge in [-0.3, -0.25) is 4.98 Å². The van der Waals surface area contributed by atoms with E-state index in [1.807, 2.05) is 35.0 Å². The first-order valence-corrected chi connectivity index (χ1v) is 6.91. The van der Waals surface area contributed by atoms with E-state index in [1.54, 1.807) is 37.1 Å². The summed E-state index contributed by atoms with van der Waals surface area (Å²) in [7, 11) is 0. The Hall–Kier alpha value is -2.17. The second kappa shape index (κ2) is 5.68. The third-order valence-corrected chi connectivity index (χ3v) is 3.68. The molecule has 0 aliphatic rings. The van der Waals surface area contributed by atoms with E-state index in [9.17, 15) is 5.11 Å². The number of nitrogens with zero attached hydrogens (tertiary/aromatic N) is 3. The zero-order chi connectivity index (χ0) is 14.7. The summed E-state index contributed by atoms with van der Waals surface area (Å²) < 4.78 is 1.83. The molecule has 1 aromatic carbocycles. The first-order chi connectivity index (χ1) is 10.2. The number of aliphatic hydroxyl groups is 1. The van der Waals surface area contributed by atoms with Crippen LogP contribution in [0.15, 0.2) is 67.5 Å². The molecule has 2 heterocycles. The normalized spacial score (nSPS) is 13.8. The molecule has 0 spiro atoms. The van der Waals surface area contributed by atoms with E-state index in [0.29, 0.717) is 11.6 Å². The fourth-order valence-corrected chi connectivity index (χ4v) is 2.45. The maximum absolute atomic E-state index is 11.3. The Morgan fingerprint density at radius 2 is 1.86 bits per heavy atom. The number of hydrogen-bond acceptors (Lipinski definition) is 3. The van der Waals surface area contributed by atoms with Crippen molar-refractivity contribution in [1.82, 2.24) is 14.5 Å². The summed E-state index contributed by atoms with van der Waals surface area (Å²) in [4.78, 5) is 8.14. The van der Waals surface area contributed by atoms with Gasteiger partial charge in [-0.2, -0.15) is 0 Å². The maximum Gasteiger partial charge on any atom is 0.134 e. The van der Waals surface area contributed by atoms with Crippen LogP contribution in [0.3, 0.4) is 0 Å². The Morgan fingerprint density at radius 1 is 1.05 bits per heavy atom. The monoisotopic (exact) mass is 299 g/mol. The third kappa shape index (κ3) is 2.82. The van der Waals surface area contributed by atoms with Gasteiger partial charge in [0, 0.05) is 35.4 Å². The van der Waals surface area contributed by atoms with E-state index >= 15 is 0 Å². The largest absolute Gasteiger partial charge is 0.378 e. The van der Waals surface area contributed by atoms with Crippen molar-refractivity contribution in [2.45, 2.75) is 12.1 Å². The second-order valence-corrected chi connectivity index (χ2v) is 5.28. The van der Waals surface area contributed by atoms with Crippen LogP contribution in [0.1, 0.15) is 11.1 Å². The van der Waals surface area contributed by atoms with Gasteiger partial charge >= 0.3 is 0 Å². The minimum absolute atomic E-state index is 0.348.